The Labute approximate surface area is 188 Å². The second kappa shape index (κ2) is 8.43. The van der Waals surface area contributed by atoms with E-state index in [1.165, 1.54) is 35.7 Å². The van der Waals surface area contributed by atoms with Crippen molar-refractivity contribution in [1.82, 2.24) is 15.2 Å². The van der Waals surface area contributed by atoms with E-state index in [1.54, 1.807) is 6.07 Å². The van der Waals surface area contributed by atoms with Crippen molar-refractivity contribution in [2.75, 3.05) is 10.7 Å². The third-order valence-corrected chi connectivity index (χ3v) is 5.94. The highest BCUT2D eigenvalue weighted by atomic mass is 35.5. The number of nitrogens with zero attached hydrogens (tertiary/aromatic N) is 4. The topological polar surface area (TPSA) is 68.2 Å². The molecule has 1 atom stereocenters. The van der Waals surface area contributed by atoms with E-state index in [9.17, 15) is 9.18 Å². The zero-order chi connectivity index (χ0) is 22.3. The molecule has 1 aliphatic rings. The summed E-state index contributed by atoms with van der Waals surface area (Å²) in [6.07, 6.45) is -1.16. The minimum atomic E-state index is -1.16. The van der Waals surface area contributed by atoms with Crippen LogP contribution < -0.4 is 9.64 Å². The number of rotatable bonds is 3. The first-order valence-electron chi connectivity index (χ1n) is 9.71. The molecule has 0 fully saturated rings. The predicted octanol–water partition coefficient (Wildman–Crippen LogP) is 5.50. The number of hydrogen-bond donors (Lipinski definition) is 0. The van der Waals surface area contributed by atoms with Gasteiger partial charge in [-0.15, -0.1) is 10.2 Å². The number of halogens is 2. The number of hydrogen-bond acceptors (Lipinski definition) is 6. The van der Waals surface area contributed by atoms with Crippen molar-refractivity contribution in [3.05, 3.63) is 57.9 Å². The first-order chi connectivity index (χ1) is 14.8. The summed E-state index contributed by atoms with van der Waals surface area (Å²) in [6, 6.07) is 8.20. The summed E-state index contributed by atoms with van der Waals surface area (Å²) in [7, 11) is 0. The molecule has 6 nitrogen and oxygen atoms in total. The normalized spacial score (nSPS) is 15.0. The highest BCUT2D eigenvalue weighted by molar-refractivity contribution is 7.99. The van der Waals surface area contributed by atoms with E-state index in [0.717, 1.165) is 16.9 Å². The van der Waals surface area contributed by atoms with Crippen molar-refractivity contribution in [3.8, 4) is 17.1 Å². The molecule has 0 aliphatic carbocycles. The van der Waals surface area contributed by atoms with Crippen LogP contribution in [-0.2, 0) is 4.79 Å². The average Bonchev–Trinajstić information content (AvgIpc) is 2.83. The Kier molecular flexibility index (Phi) is 5.85. The van der Waals surface area contributed by atoms with Gasteiger partial charge in [0.2, 0.25) is 23.2 Å². The van der Waals surface area contributed by atoms with Gasteiger partial charge in [-0.05, 0) is 43.4 Å². The van der Waals surface area contributed by atoms with Gasteiger partial charge in [-0.3, -0.25) is 9.69 Å². The number of anilines is 1. The fourth-order valence-corrected chi connectivity index (χ4v) is 4.49. The van der Waals surface area contributed by atoms with Crippen LogP contribution in [0.4, 0.5) is 10.1 Å². The standard InChI is InChI=1S/C22H20ClFN4O2S/c1-5-31-22-25-20-18(26-27-22)14-10-11(2)9-12(3)19(14)28(13(4)29)21(30-20)17-15(23)7-6-8-16(17)24/h6-10,21H,5H2,1-4H3. The molecule has 4 rings (SSSR count). The highest BCUT2D eigenvalue weighted by Crippen LogP contribution is 2.46. The van der Waals surface area contributed by atoms with Gasteiger partial charge in [0.25, 0.3) is 0 Å². The van der Waals surface area contributed by atoms with E-state index < -0.39 is 12.0 Å². The van der Waals surface area contributed by atoms with Gasteiger partial charge in [0.1, 0.15) is 5.82 Å². The second-order valence-corrected chi connectivity index (χ2v) is 8.79. The maximum atomic E-state index is 15.0. The molecule has 2 aromatic carbocycles. The minimum Gasteiger partial charge on any atom is -0.447 e. The molecule has 0 radical (unpaired) electrons. The summed E-state index contributed by atoms with van der Waals surface area (Å²) in [4.78, 5) is 18.8. The van der Waals surface area contributed by atoms with Crippen molar-refractivity contribution in [2.45, 2.75) is 39.1 Å². The monoisotopic (exact) mass is 458 g/mol. The number of thioether (sulfide) groups is 1. The van der Waals surface area contributed by atoms with Gasteiger partial charge < -0.3 is 4.74 Å². The average molecular weight is 459 g/mol. The van der Waals surface area contributed by atoms with E-state index in [4.69, 9.17) is 16.3 Å². The smallest absolute Gasteiger partial charge is 0.247 e. The molecule has 2 heterocycles. The van der Waals surface area contributed by atoms with Gasteiger partial charge in [0.15, 0.2) is 5.69 Å². The molecule has 0 saturated heterocycles. The van der Waals surface area contributed by atoms with Gasteiger partial charge >= 0.3 is 0 Å². The van der Waals surface area contributed by atoms with Crippen LogP contribution in [0.2, 0.25) is 5.02 Å². The maximum Gasteiger partial charge on any atom is 0.247 e. The highest BCUT2D eigenvalue weighted by Gasteiger charge is 2.38. The predicted molar refractivity (Wildman–Crippen MR) is 119 cm³/mol. The van der Waals surface area contributed by atoms with Gasteiger partial charge in [-0.25, -0.2) is 4.39 Å². The van der Waals surface area contributed by atoms with Crippen LogP contribution >= 0.6 is 23.4 Å². The van der Waals surface area contributed by atoms with E-state index in [0.29, 0.717) is 22.1 Å². The number of benzene rings is 2. The lowest BCUT2D eigenvalue weighted by molar-refractivity contribution is -0.118. The van der Waals surface area contributed by atoms with Gasteiger partial charge in [-0.1, -0.05) is 48.0 Å². The van der Waals surface area contributed by atoms with Crippen molar-refractivity contribution in [3.63, 3.8) is 0 Å². The summed E-state index contributed by atoms with van der Waals surface area (Å²) < 4.78 is 21.2. The molecule has 1 aromatic heterocycles. The molecule has 1 amide bonds. The van der Waals surface area contributed by atoms with Crippen LogP contribution in [0.25, 0.3) is 11.3 Å². The fraction of sp³-hybridized carbons (Fsp3) is 0.273. The van der Waals surface area contributed by atoms with E-state index in [1.807, 2.05) is 32.9 Å². The summed E-state index contributed by atoms with van der Waals surface area (Å²) in [6.45, 7) is 7.21. The Morgan fingerprint density at radius 3 is 2.74 bits per heavy atom. The van der Waals surface area contributed by atoms with Crippen molar-refractivity contribution < 1.29 is 13.9 Å². The number of aromatic nitrogens is 3. The zero-order valence-electron chi connectivity index (χ0n) is 17.4. The summed E-state index contributed by atoms with van der Waals surface area (Å²) in [5, 5.41) is 9.15. The third-order valence-electron chi connectivity index (χ3n) is 4.89. The lowest BCUT2D eigenvalue weighted by Gasteiger charge is -2.31. The Morgan fingerprint density at radius 1 is 1.29 bits per heavy atom. The molecule has 0 spiro atoms. The number of aryl methyl sites for hydroxylation is 2. The van der Waals surface area contributed by atoms with Crippen LogP contribution in [0.1, 0.15) is 36.8 Å². The van der Waals surface area contributed by atoms with Crippen molar-refractivity contribution >= 4 is 35.0 Å². The lowest BCUT2D eigenvalue weighted by Crippen LogP contribution is -2.37. The minimum absolute atomic E-state index is 0.0569. The molecule has 1 aliphatic heterocycles. The van der Waals surface area contributed by atoms with Crippen LogP contribution in [0, 0.1) is 19.7 Å². The Hall–Kier alpha value is -2.71. The molecule has 0 N–H and O–H groups in total. The van der Waals surface area contributed by atoms with Crippen LogP contribution in [-0.4, -0.2) is 26.8 Å². The number of amides is 1. The Morgan fingerprint density at radius 2 is 2.06 bits per heavy atom. The summed E-state index contributed by atoms with van der Waals surface area (Å²) >= 11 is 7.78. The number of fused-ring (bicyclic) bond motifs is 3. The summed E-state index contributed by atoms with van der Waals surface area (Å²) in [5.74, 6) is 0.00706. The quantitative estimate of drug-likeness (QED) is 0.482. The molecular formula is C22H20ClFN4O2S. The SMILES string of the molecule is CCSc1nnc2c(n1)OC(c1c(F)cccc1Cl)N(C(C)=O)c1c(C)cc(C)cc1-2. The molecular weight excluding hydrogens is 439 g/mol. The molecule has 9 heteroatoms. The van der Waals surface area contributed by atoms with E-state index in [2.05, 4.69) is 15.2 Å². The van der Waals surface area contributed by atoms with Gasteiger partial charge in [0.05, 0.1) is 16.3 Å². The largest absolute Gasteiger partial charge is 0.447 e. The number of carbonyl (C=O) groups is 1. The van der Waals surface area contributed by atoms with Crippen molar-refractivity contribution in [2.24, 2.45) is 0 Å². The van der Waals surface area contributed by atoms with Gasteiger partial charge in [0, 0.05) is 12.5 Å². The van der Waals surface area contributed by atoms with Crippen LogP contribution in [0.15, 0.2) is 35.5 Å². The maximum absolute atomic E-state index is 15.0. The third kappa shape index (κ3) is 3.85. The van der Waals surface area contributed by atoms with Crippen LogP contribution in [0.5, 0.6) is 5.88 Å². The van der Waals surface area contributed by atoms with Gasteiger partial charge in [-0.2, -0.15) is 4.98 Å². The molecule has 0 saturated carbocycles. The Bertz CT molecular complexity index is 1170. The molecule has 160 valence electrons. The van der Waals surface area contributed by atoms with E-state index >= 15 is 0 Å². The number of carbonyl (C=O) groups excluding carboxylic acids is 1. The summed E-state index contributed by atoms with van der Waals surface area (Å²) in [5.41, 5.74) is 3.44. The molecule has 3 aromatic rings. The fourth-order valence-electron chi connectivity index (χ4n) is 3.73. The molecule has 1 unspecified atom stereocenters. The number of ether oxygens (including phenoxy) is 1. The van der Waals surface area contributed by atoms with Crippen LogP contribution in [0.3, 0.4) is 0 Å². The lowest BCUT2D eigenvalue weighted by atomic mass is 10.00. The Balaban J connectivity index is 2.06. The zero-order valence-corrected chi connectivity index (χ0v) is 19.0. The first-order valence-corrected chi connectivity index (χ1v) is 11.1. The second-order valence-electron chi connectivity index (χ2n) is 7.15. The molecule has 31 heavy (non-hydrogen) atoms. The van der Waals surface area contributed by atoms with E-state index in [-0.39, 0.29) is 22.4 Å². The first kappa shape index (κ1) is 21.5. The molecule has 0 bridgehead atoms. The van der Waals surface area contributed by atoms with Crippen molar-refractivity contribution in [1.29, 1.82) is 0 Å².